The van der Waals surface area contributed by atoms with Crippen LogP contribution in [-0.4, -0.2) is 11.1 Å². The normalized spacial score (nSPS) is 24.7. The Kier molecular flexibility index (Phi) is 3.49. The smallest absolute Gasteiger partial charge is 0.335 e. The molecule has 2 N–H and O–H groups in total. The van der Waals surface area contributed by atoms with Crippen molar-refractivity contribution in [3.8, 4) is 0 Å². The molecule has 2 aromatic carbocycles. The number of nitrogens with one attached hydrogen (secondary N) is 1. The number of anilines is 1. The Hall–Kier alpha value is -2.07. The van der Waals surface area contributed by atoms with E-state index in [1.54, 1.807) is 12.1 Å². The highest BCUT2D eigenvalue weighted by molar-refractivity contribution is 9.10. The summed E-state index contributed by atoms with van der Waals surface area (Å²) in [6, 6.07) is 13.7. The lowest BCUT2D eigenvalue weighted by Crippen LogP contribution is -2.29. The Morgan fingerprint density at radius 1 is 1.17 bits per heavy atom. The molecule has 1 aliphatic carbocycles. The SMILES string of the molecule is O=C(O)c1ccc([C@H]2Nc3c(Br)cccc3C3C=CCC32)cc1. The molecule has 2 aromatic rings. The first-order valence-corrected chi connectivity index (χ1v) is 8.49. The number of carbonyl (C=O) groups is 1. The second-order valence-electron chi connectivity index (χ2n) is 6.11. The summed E-state index contributed by atoms with van der Waals surface area (Å²) < 4.78 is 1.07. The van der Waals surface area contributed by atoms with Crippen LogP contribution >= 0.6 is 15.9 Å². The molecule has 0 bridgehead atoms. The minimum atomic E-state index is -0.887. The van der Waals surface area contributed by atoms with Crippen LogP contribution in [0.25, 0.3) is 0 Å². The fourth-order valence-electron chi connectivity index (χ4n) is 3.75. The number of aromatic carboxylic acids is 1. The van der Waals surface area contributed by atoms with Gasteiger partial charge in [0.15, 0.2) is 0 Å². The van der Waals surface area contributed by atoms with Gasteiger partial charge in [-0.15, -0.1) is 0 Å². The zero-order chi connectivity index (χ0) is 16.0. The molecule has 0 fully saturated rings. The number of allylic oxidation sites excluding steroid dienone is 2. The van der Waals surface area contributed by atoms with Gasteiger partial charge in [0.1, 0.15) is 0 Å². The molecule has 0 saturated heterocycles. The van der Waals surface area contributed by atoms with Crippen LogP contribution in [0.15, 0.2) is 59.1 Å². The third-order valence-electron chi connectivity index (χ3n) is 4.86. The quantitative estimate of drug-likeness (QED) is 0.734. The molecular formula is C19H16BrNO2. The number of rotatable bonds is 2. The lowest BCUT2D eigenvalue weighted by atomic mass is 9.77. The molecule has 2 aliphatic rings. The Morgan fingerprint density at radius 2 is 1.96 bits per heavy atom. The van der Waals surface area contributed by atoms with Crippen LogP contribution in [0.2, 0.25) is 0 Å². The molecule has 3 nitrogen and oxygen atoms in total. The van der Waals surface area contributed by atoms with Crippen molar-refractivity contribution in [1.29, 1.82) is 0 Å². The highest BCUT2D eigenvalue weighted by Crippen LogP contribution is 2.51. The highest BCUT2D eigenvalue weighted by atomic mass is 79.9. The summed E-state index contributed by atoms with van der Waals surface area (Å²) in [6.07, 6.45) is 5.59. The third kappa shape index (κ3) is 2.38. The molecular weight excluding hydrogens is 354 g/mol. The molecule has 116 valence electrons. The van der Waals surface area contributed by atoms with Crippen LogP contribution in [0.5, 0.6) is 0 Å². The second-order valence-corrected chi connectivity index (χ2v) is 6.96. The van der Waals surface area contributed by atoms with Crippen molar-refractivity contribution in [2.24, 2.45) is 5.92 Å². The third-order valence-corrected chi connectivity index (χ3v) is 5.52. The van der Waals surface area contributed by atoms with Crippen LogP contribution in [0.4, 0.5) is 5.69 Å². The maximum absolute atomic E-state index is 11.0. The summed E-state index contributed by atoms with van der Waals surface area (Å²) in [4.78, 5) is 11.0. The van der Waals surface area contributed by atoms with Crippen LogP contribution < -0.4 is 5.32 Å². The lowest BCUT2D eigenvalue weighted by Gasteiger charge is -2.38. The minimum Gasteiger partial charge on any atom is -0.478 e. The van der Waals surface area contributed by atoms with E-state index in [1.165, 1.54) is 5.56 Å². The monoisotopic (exact) mass is 369 g/mol. The minimum absolute atomic E-state index is 0.184. The Bertz CT molecular complexity index is 798. The summed E-state index contributed by atoms with van der Waals surface area (Å²) in [5.74, 6) is -0.0120. The second kappa shape index (κ2) is 5.53. The maximum atomic E-state index is 11.0. The van der Waals surface area contributed by atoms with E-state index >= 15 is 0 Å². The van der Waals surface area contributed by atoms with Crippen molar-refractivity contribution in [3.05, 3.63) is 75.8 Å². The van der Waals surface area contributed by atoms with Gasteiger partial charge in [-0.25, -0.2) is 4.79 Å². The van der Waals surface area contributed by atoms with Crippen molar-refractivity contribution in [1.82, 2.24) is 0 Å². The first-order valence-electron chi connectivity index (χ1n) is 7.70. The first kappa shape index (κ1) is 14.5. The summed E-state index contributed by atoms with van der Waals surface area (Å²) >= 11 is 3.65. The summed E-state index contributed by atoms with van der Waals surface area (Å²) in [6.45, 7) is 0. The van der Waals surface area contributed by atoms with Gasteiger partial charge in [0.05, 0.1) is 17.3 Å². The van der Waals surface area contributed by atoms with Crippen molar-refractivity contribution < 1.29 is 9.90 Å². The number of hydrogen-bond donors (Lipinski definition) is 2. The van der Waals surface area contributed by atoms with E-state index in [0.717, 1.165) is 22.1 Å². The van der Waals surface area contributed by atoms with Crippen molar-refractivity contribution in [2.75, 3.05) is 5.32 Å². The molecule has 4 heteroatoms. The van der Waals surface area contributed by atoms with Crippen molar-refractivity contribution in [3.63, 3.8) is 0 Å². The fraction of sp³-hybridized carbons (Fsp3) is 0.211. The number of benzene rings is 2. The van der Waals surface area contributed by atoms with Crippen LogP contribution in [0, 0.1) is 5.92 Å². The Labute approximate surface area is 143 Å². The maximum Gasteiger partial charge on any atom is 0.335 e. The van der Waals surface area contributed by atoms with Gasteiger partial charge in [-0.05, 0) is 57.6 Å². The molecule has 0 amide bonds. The van der Waals surface area contributed by atoms with Gasteiger partial charge in [0, 0.05) is 10.4 Å². The Morgan fingerprint density at radius 3 is 2.70 bits per heavy atom. The van der Waals surface area contributed by atoms with Gasteiger partial charge in [0.25, 0.3) is 0 Å². The molecule has 3 atom stereocenters. The average Bonchev–Trinajstić information content (AvgIpc) is 3.04. The standard InChI is InChI=1S/C19H16BrNO2/c20-16-6-2-5-15-13-3-1-4-14(13)17(21-18(15)16)11-7-9-12(10-8-11)19(22)23/h1-3,5-10,13-14,17,21H,4H2,(H,22,23)/t13?,14?,17-/m1/s1. The predicted octanol–water partition coefficient (Wildman–Crippen LogP) is 4.97. The topological polar surface area (TPSA) is 49.3 Å². The van der Waals surface area contributed by atoms with E-state index in [0.29, 0.717) is 17.4 Å². The first-order chi connectivity index (χ1) is 11.1. The molecule has 0 aromatic heterocycles. The molecule has 0 radical (unpaired) electrons. The van der Waals surface area contributed by atoms with E-state index in [9.17, 15) is 4.79 Å². The number of para-hydroxylation sites is 1. The number of halogens is 1. The van der Waals surface area contributed by atoms with E-state index < -0.39 is 5.97 Å². The molecule has 23 heavy (non-hydrogen) atoms. The van der Waals surface area contributed by atoms with E-state index in [2.05, 4.69) is 51.6 Å². The molecule has 0 spiro atoms. The van der Waals surface area contributed by atoms with Gasteiger partial charge in [-0.1, -0.05) is 36.4 Å². The molecule has 4 rings (SSSR count). The molecule has 1 aliphatic heterocycles. The summed E-state index contributed by atoms with van der Waals surface area (Å²) in [5, 5.41) is 12.7. The zero-order valence-electron chi connectivity index (χ0n) is 12.4. The number of hydrogen-bond acceptors (Lipinski definition) is 2. The van der Waals surface area contributed by atoms with Gasteiger partial charge >= 0.3 is 5.97 Å². The van der Waals surface area contributed by atoms with E-state index in [-0.39, 0.29) is 6.04 Å². The number of carboxylic acid groups (broad SMARTS) is 1. The van der Waals surface area contributed by atoms with E-state index in [4.69, 9.17) is 5.11 Å². The Balaban J connectivity index is 1.75. The largest absolute Gasteiger partial charge is 0.478 e. The number of carboxylic acids is 1. The molecule has 1 heterocycles. The van der Waals surface area contributed by atoms with Crippen molar-refractivity contribution >= 4 is 27.6 Å². The van der Waals surface area contributed by atoms with Gasteiger partial charge < -0.3 is 10.4 Å². The predicted molar refractivity (Wildman–Crippen MR) is 93.9 cm³/mol. The highest BCUT2D eigenvalue weighted by Gasteiger charge is 2.38. The van der Waals surface area contributed by atoms with Gasteiger partial charge in [-0.3, -0.25) is 0 Å². The molecule has 2 unspecified atom stereocenters. The lowest BCUT2D eigenvalue weighted by molar-refractivity contribution is 0.0697. The van der Waals surface area contributed by atoms with Crippen LogP contribution in [0.3, 0.4) is 0 Å². The van der Waals surface area contributed by atoms with Gasteiger partial charge in [0.2, 0.25) is 0 Å². The van der Waals surface area contributed by atoms with Gasteiger partial charge in [-0.2, -0.15) is 0 Å². The van der Waals surface area contributed by atoms with Crippen LogP contribution in [0.1, 0.15) is 39.9 Å². The van der Waals surface area contributed by atoms with Crippen molar-refractivity contribution in [2.45, 2.75) is 18.4 Å². The number of fused-ring (bicyclic) bond motifs is 3. The fourth-order valence-corrected chi connectivity index (χ4v) is 4.24. The van der Waals surface area contributed by atoms with E-state index in [1.807, 2.05) is 12.1 Å². The summed E-state index contributed by atoms with van der Waals surface area (Å²) in [5.41, 5.74) is 3.94. The average molecular weight is 370 g/mol. The van der Waals surface area contributed by atoms with Crippen LogP contribution in [-0.2, 0) is 0 Å². The zero-order valence-corrected chi connectivity index (χ0v) is 14.0. The summed E-state index contributed by atoms with van der Waals surface area (Å²) in [7, 11) is 0. The molecule has 0 saturated carbocycles.